The molecule has 0 saturated carbocycles. The first-order valence-electron chi connectivity index (χ1n) is 12.3. The van der Waals surface area contributed by atoms with Gasteiger partial charge in [-0.05, 0) is 72.2 Å². The maximum absolute atomic E-state index is 12.8. The van der Waals surface area contributed by atoms with Crippen LogP contribution < -0.4 is 10.6 Å². The number of para-hydroxylation sites is 2. The lowest BCUT2D eigenvalue weighted by atomic mass is 10.0. The molecule has 2 N–H and O–H groups in total. The summed E-state index contributed by atoms with van der Waals surface area (Å²) in [6.45, 7) is 4.04. The molecular formula is C32H32N2O2. The van der Waals surface area contributed by atoms with Crippen LogP contribution in [0.2, 0.25) is 0 Å². The molecule has 0 aliphatic rings. The SMILES string of the molecule is Cc1ccccc1CC(=O)Nc1ccccc1CCc1ccccc1NC(=O)Cc1ccccc1C. The molecular weight excluding hydrogens is 444 g/mol. The molecule has 182 valence electrons. The van der Waals surface area contributed by atoms with Crippen molar-refractivity contribution in [1.29, 1.82) is 0 Å². The maximum atomic E-state index is 12.8. The number of hydrogen-bond donors (Lipinski definition) is 2. The first-order chi connectivity index (χ1) is 17.5. The molecule has 0 spiro atoms. The van der Waals surface area contributed by atoms with E-state index in [4.69, 9.17) is 0 Å². The smallest absolute Gasteiger partial charge is 0.228 e. The molecule has 0 radical (unpaired) electrons. The third kappa shape index (κ3) is 6.70. The molecule has 0 aliphatic carbocycles. The highest BCUT2D eigenvalue weighted by atomic mass is 16.2. The Morgan fingerprint density at radius 3 is 1.22 bits per heavy atom. The molecule has 0 saturated heterocycles. The Kier molecular flexibility index (Phi) is 8.30. The molecule has 36 heavy (non-hydrogen) atoms. The number of aryl methyl sites for hydroxylation is 4. The molecule has 0 fully saturated rings. The number of rotatable bonds is 9. The number of hydrogen-bond acceptors (Lipinski definition) is 2. The molecule has 4 rings (SSSR count). The van der Waals surface area contributed by atoms with Crippen molar-refractivity contribution in [3.05, 3.63) is 130 Å². The highest BCUT2D eigenvalue weighted by Crippen LogP contribution is 2.22. The van der Waals surface area contributed by atoms with Gasteiger partial charge in [-0.15, -0.1) is 0 Å². The van der Waals surface area contributed by atoms with E-state index >= 15 is 0 Å². The lowest BCUT2D eigenvalue weighted by molar-refractivity contribution is -0.116. The van der Waals surface area contributed by atoms with Gasteiger partial charge in [-0.1, -0.05) is 84.9 Å². The van der Waals surface area contributed by atoms with Gasteiger partial charge < -0.3 is 10.6 Å². The average Bonchev–Trinajstić information content (AvgIpc) is 2.87. The van der Waals surface area contributed by atoms with Crippen LogP contribution in [0.4, 0.5) is 11.4 Å². The lowest BCUT2D eigenvalue weighted by Gasteiger charge is -2.14. The molecule has 4 nitrogen and oxygen atoms in total. The Labute approximate surface area is 213 Å². The summed E-state index contributed by atoms with van der Waals surface area (Å²) in [4.78, 5) is 25.5. The summed E-state index contributed by atoms with van der Waals surface area (Å²) in [7, 11) is 0. The Morgan fingerprint density at radius 2 is 0.833 bits per heavy atom. The van der Waals surface area contributed by atoms with Gasteiger partial charge in [0.25, 0.3) is 0 Å². The molecule has 0 aliphatic heterocycles. The van der Waals surface area contributed by atoms with Crippen LogP contribution in [0.25, 0.3) is 0 Å². The molecule has 0 heterocycles. The topological polar surface area (TPSA) is 58.2 Å². The van der Waals surface area contributed by atoms with E-state index in [0.29, 0.717) is 12.8 Å². The summed E-state index contributed by atoms with van der Waals surface area (Å²) in [5.74, 6) is -0.0544. The highest BCUT2D eigenvalue weighted by molar-refractivity contribution is 5.94. The predicted octanol–water partition coefficient (Wildman–Crippen LogP) is 6.45. The van der Waals surface area contributed by atoms with E-state index < -0.39 is 0 Å². The Balaban J connectivity index is 1.41. The number of nitrogens with one attached hydrogen (secondary N) is 2. The summed E-state index contributed by atoms with van der Waals surface area (Å²) in [5.41, 5.74) is 8.08. The van der Waals surface area contributed by atoms with Crippen LogP contribution in [-0.2, 0) is 35.3 Å². The largest absolute Gasteiger partial charge is 0.326 e. The van der Waals surface area contributed by atoms with Crippen molar-refractivity contribution in [1.82, 2.24) is 0 Å². The van der Waals surface area contributed by atoms with Crippen molar-refractivity contribution >= 4 is 23.2 Å². The summed E-state index contributed by atoms with van der Waals surface area (Å²) < 4.78 is 0. The minimum absolute atomic E-state index is 0.0272. The van der Waals surface area contributed by atoms with Gasteiger partial charge in [-0.3, -0.25) is 9.59 Å². The third-order valence-corrected chi connectivity index (χ3v) is 6.47. The van der Waals surface area contributed by atoms with Gasteiger partial charge in [-0.25, -0.2) is 0 Å². The fraction of sp³-hybridized carbons (Fsp3) is 0.188. The van der Waals surface area contributed by atoms with Crippen molar-refractivity contribution < 1.29 is 9.59 Å². The van der Waals surface area contributed by atoms with Gasteiger partial charge in [0, 0.05) is 11.4 Å². The second-order valence-corrected chi connectivity index (χ2v) is 9.12. The Bertz CT molecular complexity index is 1250. The zero-order valence-electron chi connectivity index (χ0n) is 20.9. The minimum Gasteiger partial charge on any atom is -0.326 e. The van der Waals surface area contributed by atoms with E-state index in [1.54, 1.807) is 0 Å². The monoisotopic (exact) mass is 476 g/mol. The van der Waals surface area contributed by atoms with Gasteiger partial charge in [0.2, 0.25) is 11.8 Å². The standard InChI is InChI=1S/C32H32N2O2/c1-23-11-3-5-15-27(23)21-31(35)33-29-17-9-7-13-25(29)19-20-26-14-8-10-18-30(26)34-32(36)22-28-16-6-4-12-24(28)2/h3-18H,19-22H2,1-2H3,(H,33,35)(H,34,36). The zero-order valence-corrected chi connectivity index (χ0v) is 20.9. The van der Waals surface area contributed by atoms with Gasteiger partial charge >= 0.3 is 0 Å². The molecule has 4 heteroatoms. The summed E-state index contributed by atoms with van der Waals surface area (Å²) in [5, 5.41) is 6.19. The molecule has 4 aromatic rings. The summed E-state index contributed by atoms with van der Waals surface area (Å²) in [6, 6.07) is 31.7. The quantitative estimate of drug-likeness (QED) is 0.292. The average molecular weight is 477 g/mol. The predicted molar refractivity (Wildman–Crippen MR) is 147 cm³/mol. The number of benzene rings is 4. The minimum atomic E-state index is -0.0272. The molecule has 0 aromatic heterocycles. The van der Waals surface area contributed by atoms with E-state index in [1.165, 1.54) is 0 Å². The van der Waals surface area contributed by atoms with Crippen LogP contribution in [0.1, 0.15) is 33.4 Å². The summed E-state index contributed by atoms with van der Waals surface area (Å²) >= 11 is 0. The normalized spacial score (nSPS) is 10.6. The second kappa shape index (κ2) is 12.0. The number of carbonyl (C=O) groups is 2. The highest BCUT2D eigenvalue weighted by Gasteiger charge is 2.12. The number of carbonyl (C=O) groups excluding carboxylic acids is 2. The van der Waals surface area contributed by atoms with Crippen molar-refractivity contribution in [3.8, 4) is 0 Å². The molecule has 4 aromatic carbocycles. The first kappa shape index (κ1) is 24.9. The lowest BCUT2D eigenvalue weighted by Crippen LogP contribution is -2.17. The Morgan fingerprint density at radius 1 is 0.500 bits per heavy atom. The molecule has 0 bridgehead atoms. The van der Waals surface area contributed by atoms with Gasteiger partial charge in [0.05, 0.1) is 12.8 Å². The van der Waals surface area contributed by atoms with E-state index in [-0.39, 0.29) is 11.8 Å². The molecule has 2 amide bonds. The maximum Gasteiger partial charge on any atom is 0.228 e. The van der Waals surface area contributed by atoms with Crippen LogP contribution in [0, 0.1) is 13.8 Å². The first-order valence-corrected chi connectivity index (χ1v) is 12.3. The van der Waals surface area contributed by atoms with E-state index in [2.05, 4.69) is 10.6 Å². The van der Waals surface area contributed by atoms with Crippen molar-refractivity contribution in [3.63, 3.8) is 0 Å². The van der Waals surface area contributed by atoms with Gasteiger partial charge in [-0.2, -0.15) is 0 Å². The van der Waals surface area contributed by atoms with Crippen LogP contribution in [0.15, 0.2) is 97.1 Å². The van der Waals surface area contributed by atoms with E-state index in [1.807, 2.05) is 111 Å². The van der Waals surface area contributed by atoms with Crippen molar-refractivity contribution in [2.75, 3.05) is 10.6 Å². The fourth-order valence-electron chi connectivity index (χ4n) is 4.34. The van der Waals surface area contributed by atoms with E-state index in [9.17, 15) is 9.59 Å². The van der Waals surface area contributed by atoms with Crippen LogP contribution in [0.5, 0.6) is 0 Å². The molecule has 0 atom stereocenters. The fourth-order valence-corrected chi connectivity index (χ4v) is 4.34. The number of amides is 2. The second-order valence-electron chi connectivity index (χ2n) is 9.12. The van der Waals surface area contributed by atoms with E-state index in [0.717, 1.165) is 57.6 Å². The van der Waals surface area contributed by atoms with Crippen molar-refractivity contribution in [2.45, 2.75) is 39.5 Å². The van der Waals surface area contributed by atoms with Crippen LogP contribution in [-0.4, -0.2) is 11.8 Å². The van der Waals surface area contributed by atoms with Crippen molar-refractivity contribution in [2.24, 2.45) is 0 Å². The zero-order chi connectivity index (χ0) is 25.3. The Hall–Kier alpha value is -4.18. The van der Waals surface area contributed by atoms with Gasteiger partial charge in [0.15, 0.2) is 0 Å². The third-order valence-electron chi connectivity index (χ3n) is 6.47. The number of anilines is 2. The van der Waals surface area contributed by atoms with Crippen LogP contribution in [0.3, 0.4) is 0 Å². The van der Waals surface area contributed by atoms with Crippen LogP contribution >= 0.6 is 0 Å². The van der Waals surface area contributed by atoms with Gasteiger partial charge in [0.1, 0.15) is 0 Å². The molecule has 0 unspecified atom stereocenters. The summed E-state index contributed by atoms with van der Waals surface area (Å²) in [6.07, 6.45) is 2.17.